The molecule has 3 nitrogen and oxygen atoms in total. The number of allylic oxidation sites excluding steroid dienone is 2. The first-order valence-corrected chi connectivity index (χ1v) is 10.1. The smallest absolute Gasteiger partial charge is 0.171 e. The van der Waals surface area contributed by atoms with Crippen LogP contribution in [0.15, 0.2) is 102 Å². The van der Waals surface area contributed by atoms with E-state index in [0.29, 0.717) is 0 Å². The molecule has 0 saturated carbocycles. The number of hydrogen-bond donors (Lipinski definition) is 0. The number of hydrogen-bond acceptors (Lipinski definition) is 3. The second kappa shape index (κ2) is 5.26. The van der Waals surface area contributed by atoms with E-state index in [1.807, 2.05) is 12.1 Å². The van der Waals surface area contributed by atoms with Crippen LogP contribution in [0.1, 0.15) is 16.7 Å². The zero-order valence-corrected chi connectivity index (χ0v) is 15.7. The molecular formula is C26H18N2O. The number of nitrogens with zero attached hydrogens (tertiary/aromatic N) is 2. The molecular weight excluding hydrogens is 356 g/mol. The number of fused-ring (bicyclic) bond motifs is 11. The fourth-order valence-electron chi connectivity index (χ4n) is 5.55. The second-order valence-electron chi connectivity index (χ2n) is 7.98. The third-order valence-corrected chi connectivity index (χ3v) is 6.64. The van der Waals surface area contributed by atoms with E-state index in [-0.39, 0.29) is 12.0 Å². The molecule has 0 N–H and O–H groups in total. The Labute approximate surface area is 169 Å². The summed E-state index contributed by atoms with van der Waals surface area (Å²) in [4.78, 5) is 0. The van der Waals surface area contributed by atoms with Crippen molar-refractivity contribution in [3.63, 3.8) is 0 Å². The number of para-hydroxylation sites is 1. The highest BCUT2D eigenvalue weighted by molar-refractivity contribution is 6.09. The molecule has 0 radical (unpaired) electrons. The lowest BCUT2D eigenvalue weighted by Crippen LogP contribution is -2.52. The summed E-state index contributed by atoms with van der Waals surface area (Å²) in [6, 6.07) is 25.8. The standard InChI is InChI=1S/C26H18N2O/c1-4-12-20-17(9-1)18-10-2-5-13-21(18)26(20)24-22-14-7-8-16-28(22)27-25(24)19-11-3-6-15-23(19)29-26/h1-16,22,24H. The minimum Gasteiger partial charge on any atom is -0.476 e. The van der Waals surface area contributed by atoms with E-state index >= 15 is 0 Å². The maximum Gasteiger partial charge on any atom is 0.171 e. The van der Waals surface area contributed by atoms with Crippen LogP contribution in [0, 0.1) is 5.92 Å². The molecule has 2 unspecified atom stereocenters. The minimum absolute atomic E-state index is 0.0726. The third kappa shape index (κ3) is 1.76. The van der Waals surface area contributed by atoms with Crippen LogP contribution in [0.4, 0.5) is 0 Å². The molecule has 3 aliphatic heterocycles. The van der Waals surface area contributed by atoms with Crippen LogP contribution in [-0.4, -0.2) is 16.8 Å². The summed E-state index contributed by atoms with van der Waals surface area (Å²) in [5.41, 5.74) is 6.61. The number of hydrazone groups is 1. The van der Waals surface area contributed by atoms with Crippen LogP contribution in [0.5, 0.6) is 5.75 Å². The van der Waals surface area contributed by atoms with Crippen molar-refractivity contribution in [1.82, 2.24) is 5.01 Å². The Morgan fingerprint density at radius 2 is 1.41 bits per heavy atom. The van der Waals surface area contributed by atoms with E-state index in [1.165, 1.54) is 22.3 Å². The highest BCUT2D eigenvalue weighted by atomic mass is 16.5. The average Bonchev–Trinajstić information content (AvgIpc) is 3.30. The van der Waals surface area contributed by atoms with Crippen molar-refractivity contribution in [2.45, 2.75) is 11.6 Å². The molecule has 0 saturated heterocycles. The van der Waals surface area contributed by atoms with Crippen LogP contribution in [0.25, 0.3) is 11.1 Å². The van der Waals surface area contributed by atoms with Crippen molar-refractivity contribution in [2.75, 3.05) is 0 Å². The van der Waals surface area contributed by atoms with Crippen molar-refractivity contribution < 1.29 is 4.74 Å². The summed E-state index contributed by atoms with van der Waals surface area (Å²) < 4.78 is 7.03. The van der Waals surface area contributed by atoms with Crippen molar-refractivity contribution in [3.05, 3.63) is 114 Å². The zero-order valence-electron chi connectivity index (χ0n) is 15.7. The molecule has 29 heavy (non-hydrogen) atoms. The Morgan fingerprint density at radius 3 is 2.17 bits per heavy atom. The molecule has 2 atom stereocenters. The molecule has 0 amide bonds. The first kappa shape index (κ1) is 15.3. The van der Waals surface area contributed by atoms with Crippen LogP contribution in [0.2, 0.25) is 0 Å². The third-order valence-electron chi connectivity index (χ3n) is 6.64. The summed E-state index contributed by atoms with van der Waals surface area (Å²) >= 11 is 0. The number of rotatable bonds is 0. The fourth-order valence-corrected chi connectivity index (χ4v) is 5.55. The molecule has 0 aromatic heterocycles. The molecule has 3 aromatic rings. The molecule has 4 aliphatic rings. The summed E-state index contributed by atoms with van der Waals surface area (Å²) in [6.45, 7) is 0. The largest absolute Gasteiger partial charge is 0.476 e. The predicted octanol–water partition coefficient (Wildman–Crippen LogP) is 5.09. The molecule has 7 rings (SSSR count). The minimum atomic E-state index is -0.588. The van der Waals surface area contributed by atoms with Gasteiger partial charge in [-0.3, -0.25) is 5.01 Å². The lowest BCUT2D eigenvalue weighted by molar-refractivity contribution is 0.0535. The Bertz CT molecular complexity index is 1220. The van der Waals surface area contributed by atoms with Gasteiger partial charge in [0.1, 0.15) is 5.75 Å². The van der Waals surface area contributed by atoms with Gasteiger partial charge >= 0.3 is 0 Å². The van der Waals surface area contributed by atoms with Gasteiger partial charge in [-0.15, -0.1) is 0 Å². The normalized spacial score (nSPS) is 23.6. The Kier molecular flexibility index (Phi) is 2.79. The van der Waals surface area contributed by atoms with E-state index in [9.17, 15) is 0 Å². The van der Waals surface area contributed by atoms with Gasteiger partial charge in [-0.25, -0.2) is 0 Å². The maximum atomic E-state index is 7.03. The summed E-state index contributed by atoms with van der Waals surface area (Å²) in [5, 5.41) is 7.16. The van der Waals surface area contributed by atoms with Crippen molar-refractivity contribution in [3.8, 4) is 16.9 Å². The number of ether oxygens (including phenoxy) is 1. The maximum absolute atomic E-state index is 7.03. The topological polar surface area (TPSA) is 24.8 Å². The van der Waals surface area contributed by atoms with Crippen molar-refractivity contribution >= 4 is 5.71 Å². The fraction of sp³-hybridized carbons (Fsp3) is 0.115. The van der Waals surface area contributed by atoms with Gasteiger partial charge in [-0.2, -0.15) is 5.10 Å². The van der Waals surface area contributed by atoms with Gasteiger partial charge in [-0.05, 0) is 29.3 Å². The first-order valence-electron chi connectivity index (χ1n) is 10.1. The predicted molar refractivity (Wildman–Crippen MR) is 114 cm³/mol. The molecule has 3 heteroatoms. The molecule has 138 valence electrons. The van der Waals surface area contributed by atoms with Crippen molar-refractivity contribution in [2.24, 2.45) is 11.0 Å². The quantitative estimate of drug-likeness (QED) is 0.547. The van der Waals surface area contributed by atoms with Gasteiger partial charge in [0, 0.05) is 22.9 Å². The highest BCUT2D eigenvalue weighted by Gasteiger charge is 2.60. The molecule has 1 aliphatic carbocycles. The lowest BCUT2D eigenvalue weighted by Gasteiger charge is -2.44. The van der Waals surface area contributed by atoms with Gasteiger partial charge in [0.15, 0.2) is 5.60 Å². The van der Waals surface area contributed by atoms with E-state index in [0.717, 1.165) is 17.0 Å². The molecule has 3 heterocycles. The SMILES string of the molecule is C1=CC2C3C(=NN2C=C1)c1ccccc1OC31c2ccccc2-c2ccccc21. The lowest BCUT2D eigenvalue weighted by atomic mass is 9.70. The summed E-state index contributed by atoms with van der Waals surface area (Å²) in [5.74, 6) is 0.977. The Balaban J connectivity index is 1.60. The van der Waals surface area contributed by atoms with Crippen LogP contribution >= 0.6 is 0 Å². The van der Waals surface area contributed by atoms with Crippen molar-refractivity contribution in [1.29, 1.82) is 0 Å². The summed E-state index contributed by atoms with van der Waals surface area (Å²) in [6.07, 6.45) is 8.50. The highest BCUT2D eigenvalue weighted by Crippen LogP contribution is 2.59. The number of benzene rings is 3. The Hall–Kier alpha value is -3.59. The molecule has 1 spiro atoms. The van der Waals surface area contributed by atoms with Crippen LogP contribution in [0.3, 0.4) is 0 Å². The average molecular weight is 374 g/mol. The molecule has 0 fully saturated rings. The van der Waals surface area contributed by atoms with E-state index in [1.54, 1.807) is 0 Å². The monoisotopic (exact) mass is 374 g/mol. The van der Waals surface area contributed by atoms with E-state index in [2.05, 4.69) is 90.1 Å². The van der Waals surface area contributed by atoms with E-state index < -0.39 is 5.60 Å². The van der Waals surface area contributed by atoms with Gasteiger partial charge in [0.05, 0.1) is 17.7 Å². The van der Waals surface area contributed by atoms with E-state index in [4.69, 9.17) is 9.84 Å². The molecule has 3 aromatic carbocycles. The van der Waals surface area contributed by atoms with Gasteiger partial charge in [0.25, 0.3) is 0 Å². The zero-order chi connectivity index (χ0) is 19.0. The summed E-state index contributed by atoms with van der Waals surface area (Å²) in [7, 11) is 0. The first-order chi connectivity index (χ1) is 14.4. The second-order valence-corrected chi connectivity index (χ2v) is 7.98. The van der Waals surface area contributed by atoms with Gasteiger partial charge in [-0.1, -0.05) is 72.8 Å². The van der Waals surface area contributed by atoms with Gasteiger partial charge < -0.3 is 4.74 Å². The Morgan fingerprint density at radius 1 is 0.759 bits per heavy atom. The van der Waals surface area contributed by atoms with Crippen LogP contribution < -0.4 is 4.74 Å². The molecule has 0 bridgehead atoms. The van der Waals surface area contributed by atoms with Gasteiger partial charge in [0.2, 0.25) is 0 Å². The van der Waals surface area contributed by atoms with Crippen LogP contribution in [-0.2, 0) is 5.60 Å².